The van der Waals surface area contributed by atoms with Gasteiger partial charge in [0.05, 0.1) is 7.11 Å². The van der Waals surface area contributed by atoms with E-state index in [0.717, 1.165) is 30.7 Å². The molecular formula is C17H22ClNOS. The van der Waals surface area contributed by atoms with Gasteiger partial charge in [0.25, 0.3) is 0 Å². The first kappa shape index (κ1) is 16.3. The van der Waals surface area contributed by atoms with Gasteiger partial charge in [0.1, 0.15) is 5.75 Å². The second kappa shape index (κ2) is 7.83. The monoisotopic (exact) mass is 323 g/mol. The number of likely N-dealkylation sites (N-methyl/N-ethyl adjacent to an activating group) is 1. The summed E-state index contributed by atoms with van der Waals surface area (Å²) < 4.78 is 5.50. The van der Waals surface area contributed by atoms with Gasteiger partial charge in [-0.2, -0.15) is 0 Å². The predicted octanol–water partition coefficient (Wildman–Crippen LogP) is 4.87. The third kappa shape index (κ3) is 4.22. The van der Waals surface area contributed by atoms with E-state index in [1.54, 1.807) is 7.11 Å². The highest BCUT2D eigenvalue weighted by molar-refractivity contribution is 7.11. The van der Waals surface area contributed by atoms with E-state index in [2.05, 4.69) is 37.4 Å². The molecule has 0 radical (unpaired) electrons. The molecule has 0 fully saturated rings. The quantitative estimate of drug-likeness (QED) is 0.785. The van der Waals surface area contributed by atoms with Gasteiger partial charge < -0.3 is 10.1 Å². The smallest absolute Gasteiger partial charge is 0.125 e. The topological polar surface area (TPSA) is 21.3 Å². The van der Waals surface area contributed by atoms with Gasteiger partial charge in [0.15, 0.2) is 0 Å². The first-order valence-electron chi connectivity index (χ1n) is 7.32. The van der Waals surface area contributed by atoms with Gasteiger partial charge in [-0.25, -0.2) is 0 Å². The van der Waals surface area contributed by atoms with Crippen molar-refractivity contribution in [3.63, 3.8) is 0 Å². The van der Waals surface area contributed by atoms with E-state index in [0.29, 0.717) is 5.02 Å². The van der Waals surface area contributed by atoms with Crippen LogP contribution >= 0.6 is 22.9 Å². The summed E-state index contributed by atoms with van der Waals surface area (Å²) in [7, 11) is 1.69. The second-order valence-electron chi connectivity index (χ2n) is 4.92. The molecule has 1 atom stereocenters. The Morgan fingerprint density at radius 3 is 2.57 bits per heavy atom. The number of hydrogen-bond acceptors (Lipinski definition) is 3. The maximum absolute atomic E-state index is 6.06. The van der Waals surface area contributed by atoms with Crippen LogP contribution in [0.3, 0.4) is 0 Å². The van der Waals surface area contributed by atoms with Crippen LogP contribution in [0.4, 0.5) is 0 Å². The van der Waals surface area contributed by atoms with Crippen LogP contribution in [0.15, 0.2) is 30.3 Å². The number of ether oxygens (including phenoxy) is 1. The minimum absolute atomic E-state index is 0.241. The van der Waals surface area contributed by atoms with Crippen molar-refractivity contribution in [2.45, 2.75) is 32.7 Å². The Bertz CT molecular complexity index is 582. The van der Waals surface area contributed by atoms with Crippen LogP contribution in [0.25, 0.3) is 0 Å². The van der Waals surface area contributed by atoms with Crippen LogP contribution in [-0.4, -0.2) is 13.7 Å². The molecule has 2 aromatic rings. The molecule has 1 aromatic carbocycles. The number of benzene rings is 1. The molecule has 4 heteroatoms. The zero-order valence-corrected chi connectivity index (χ0v) is 14.4. The van der Waals surface area contributed by atoms with E-state index in [1.165, 1.54) is 9.75 Å². The highest BCUT2D eigenvalue weighted by Gasteiger charge is 2.17. The summed E-state index contributed by atoms with van der Waals surface area (Å²) in [6, 6.07) is 10.6. The Morgan fingerprint density at radius 1 is 1.19 bits per heavy atom. The number of methoxy groups -OCH3 is 1. The van der Waals surface area contributed by atoms with Gasteiger partial charge >= 0.3 is 0 Å². The van der Waals surface area contributed by atoms with Gasteiger partial charge in [-0.3, -0.25) is 0 Å². The molecule has 0 saturated heterocycles. The fraction of sp³-hybridized carbons (Fsp3) is 0.412. The number of halogens is 1. The molecule has 0 aliphatic heterocycles. The Kier molecular flexibility index (Phi) is 6.09. The third-order valence-electron chi connectivity index (χ3n) is 3.49. The number of rotatable bonds is 7. The summed E-state index contributed by atoms with van der Waals surface area (Å²) in [5.41, 5.74) is 1.16. The molecule has 2 rings (SSSR count). The summed E-state index contributed by atoms with van der Waals surface area (Å²) in [5, 5.41) is 4.26. The molecule has 0 aliphatic rings. The zero-order chi connectivity index (χ0) is 15.2. The van der Waals surface area contributed by atoms with Crippen molar-refractivity contribution in [1.82, 2.24) is 5.32 Å². The minimum Gasteiger partial charge on any atom is -0.496 e. The van der Waals surface area contributed by atoms with E-state index in [-0.39, 0.29) is 6.04 Å². The lowest BCUT2D eigenvalue weighted by Gasteiger charge is -2.20. The number of hydrogen-bond donors (Lipinski definition) is 1. The lowest BCUT2D eigenvalue weighted by atomic mass is 10.0. The Labute approximate surface area is 136 Å². The lowest BCUT2D eigenvalue weighted by molar-refractivity contribution is 0.399. The predicted molar refractivity (Wildman–Crippen MR) is 91.8 cm³/mol. The SMILES string of the molecule is CCNC(Cc1ccc(CC)s1)c1ccc(Cl)cc1OC. The average molecular weight is 324 g/mol. The average Bonchev–Trinajstić information content (AvgIpc) is 2.94. The van der Waals surface area contributed by atoms with Crippen LogP contribution in [0.5, 0.6) is 5.75 Å². The molecule has 1 heterocycles. The van der Waals surface area contributed by atoms with Gasteiger partial charge in [0.2, 0.25) is 0 Å². The van der Waals surface area contributed by atoms with Gasteiger partial charge in [-0.15, -0.1) is 11.3 Å². The van der Waals surface area contributed by atoms with Gasteiger partial charge in [0, 0.05) is 32.8 Å². The molecular weight excluding hydrogens is 302 g/mol. The standard InChI is InChI=1S/C17H22ClNOS/c1-4-13-7-8-14(21-13)11-16(19-5-2)15-9-6-12(18)10-17(15)20-3/h6-10,16,19H,4-5,11H2,1-3H3. The summed E-state index contributed by atoms with van der Waals surface area (Å²) in [5.74, 6) is 0.848. The van der Waals surface area contributed by atoms with E-state index in [4.69, 9.17) is 16.3 Å². The van der Waals surface area contributed by atoms with Crippen LogP contribution < -0.4 is 10.1 Å². The molecule has 0 spiro atoms. The van der Waals surface area contributed by atoms with E-state index < -0.39 is 0 Å². The molecule has 1 aromatic heterocycles. The van der Waals surface area contributed by atoms with E-state index in [1.807, 2.05) is 23.5 Å². The Balaban J connectivity index is 2.25. The summed E-state index contributed by atoms with van der Waals surface area (Å²) in [6.45, 7) is 5.24. The molecule has 0 amide bonds. The first-order chi connectivity index (χ1) is 10.2. The highest BCUT2D eigenvalue weighted by Crippen LogP contribution is 2.31. The largest absolute Gasteiger partial charge is 0.496 e. The Morgan fingerprint density at radius 2 is 1.95 bits per heavy atom. The molecule has 1 unspecified atom stereocenters. The van der Waals surface area contributed by atoms with Crippen molar-refractivity contribution in [3.8, 4) is 5.75 Å². The van der Waals surface area contributed by atoms with Crippen LogP contribution in [0.1, 0.15) is 35.2 Å². The maximum atomic E-state index is 6.06. The number of thiophene rings is 1. The van der Waals surface area contributed by atoms with Gasteiger partial charge in [-0.1, -0.05) is 31.5 Å². The minimum atomic E-state index is 0.241. The zero-order valence-electron chi connectivity index (χ0n) is 12.8. The third-order valence-corrected chi connectivity index (χ3v) is 4.98. The highest BCUT2D eigenvalue weighted by atomic mass is 35.5. The molecule has 2 nitrogen and oxygen atoms in total. The maximum Gasteiger partial charge on any atom is 0.125 e. The molecule has 0 bridgehead atoms. The van der Waals surface area contributed by atoms with E-state index in [9.17, 15) is 0 Å². The fourth-order valence-corrected chi connectivity index (χ4v) is 3.60. The summed E-state index contributed by atoms with van der Waals surface area (Å²) >= 11 is 7.95. The van der Waals surface area contributed by atoms with Crippen molar-refractivity contribution in [2.75, 3.05) is 13.7 Å². The van der Waals surface area contributed by atoms with Crippen molar-refractivity contribution in [3.05, 3.63) is 50.7 Å². The van der Waals surface area contributed by atoms with Gasteiger partial charge in [-0.05, 0) is 37.2 Å². The van der Waals surface area contributed by atoms with E-state index >= 15 is 0 Å². The van der Waals surface area contributed by atoms with Crippen molar-refractivity contribution in [2.24, 2.45) is 0 Å². The van der Waals surface area contributed by atoms with Crippen molar-refractivity contribution < 1.29 is 4.74 Å². The normalized spacial score (nSPS) is 12.4. The number of nitrogens with one attached hydrogen (secondary N) is 1. The second-order valence-corrected chi connectivity index (χ2v) is 6.61. The molecule has 1 N–H and O–H groups in total. The lowest BCUT2D eigenvalue weighted by Crippen LogP contribution is -2.23. The molecule has 0 aliphatic carbocycles. The summed E-state index contributed by atoms with van der Waals surface area (Å²) in [6.07, 6.45) is 2.07. The molecule has 114 valence electrons. The molecule has 0 saturated carbocycles. The van der Waals surface area contributed by atoms with Crippen LogP contribution in [0, 0.1) is 0 Å². The fourth-order valence-electron chi connectivity index (χ4n) is 2.43. The Hall–Kier alpha value is -1.03. The van der Waals surface area contributed by atoms with Crippen LogP contribution in [-0.2, 0) is 12.8 Å². The number of aryl methyl sites for hydroxylation is 1. The van der Waals surface area contributed by atoms with Crippen LogP contribution in [0.2, 0.25) is 5.02 Å². The first-order valence-corrected chi connectivity index (χ1v) is 8.51. The van der Waals surface area contributed by atoms with Crippen molar-refractivity contribution in [1.29, 1.82) is 0 Å². The van der Waals surface area contributed by atoms with Crippen molar-refractivity contribution >= 4 is 22.9 Å². The summed E-state index contributed by atoms with van der Waals surface area (Å²) in [4.78, 5) is 2.83. The molecule has 21 heavy (non-hydrogen) atoms.